The molecule has 0 amide bonds. The van der Waals surface area contributed by atoms with E-state index in [1.165, 1.54) is 14.2 Å². The van der Waals surface area contributed by atoms with E-state index in [1.807, 2.05) is 0 Å². The average molecular weight is 265 g/mol. The van der Waals surface area contributed by atoms with E-state index in [-0.39, 0.29) is 28.3 Å². The number of hydrogen-bond acceptors (Lipinski definition) is 7. The zero-order chi connectivity index (χ0) is 14.3. The Morgan fingerprint density at radius 1 is 1.05 bits per heavy atom. The number of methoxy groups -OCH3 is 2. The van der Waals surface area contributed by atoms with Gasteiger partial charge in [0.05, 0.1) is 25.3 Å². The molecule has 0 unspecified atom stereocenters. The molecule has 1 aromatic carbocycles. The Kier molecular flexibility index (Phi) is 2.82. The molecule has 0 fully saturated rings. The van der Waals surface area contributed by atoms with Gasteiger partial charge in [0.2, 0.25) is 5.78 Å². The highest BCUT2D eigenvalue weighted by Gasteiger charge is 2.35. The molecule has 1 aliphatic rings. The molecule has 4 N–H and O–H groups in total. The third kappa shape index (κ3) is 1.59. The van der Waals surface area contributed by atoms with Crippen LogP contribution in [0.15, 0.2) is 11.8 Å². The number of benzene rings is 1. The summed E-state index contributed by atoms with van der Waals surface area (Å²) < 4.78 is 9.57. The van der Waals surface area contributed by atoms with Crippen LogP contribution < -0.4 is 10.5 Å². The average Bonchev–Trinajstić information content (AvgIpc) is 2.38. The Labute approximate surface area is 107 Å². The number of Topliss-reactive ketones (excluding diaryl/α,β-unsaturated/α-hetero) is 1. The molecule has 19 heavy (non-hydrogen) atoms. The Hall–Kier alpha value is -2.70. The number of carbonyl (C=O) groups is 2. The number of ketones is 2. The number of allylic oxidation sites excluding steroid dienone is 2. The van der Waals surface area contributed by atoms with Gasteiger partial charge in [-0.05, 0) is 0 Å². The van der Waals surface area contributed by atoms with Crippen molar-refractivity contribution in [2.75, 3.05) is 20.0 Å². The molecule has 1 aromatic rings. The van der Waals surface area contributed by atoms with Crippen molar-refractivity contribution in [2.24, 2.45) is 0 Å². The van der Waals surface area contributed by atoms with Crippen LogP contribution in [-0.4, -0.2) is 36.0 Å². The maximum atomic E-state index is 12.0. The number of anilines is 1. The van der Waals surface area contributed by atoms with Gasteiger partial charge in [-0.1, -0.05) is 0 Å². The fraction of sp³-hybridized carbons (Fsp3) is 0.167. The molecule has 0 atom stereocenters. The number of nitrogen functional groups attached to an aromatic ring is 1. The van der Waals surface area contributed by atoms with Crippen molar-refractivity contribution < 1.29 is 29.3 Å². The summed E-state index contributed by atoms with van der Waals surface area (Å²) in [6, 6.07) is 0. The first-order valence-electron chi connectivity index (χ1n) is 5.20. The van der Waals surface area contributed by atoms with Crippen molar-refractivity contribution in [1.29, 1.82) is 0 Å². The van der Waals surface area contributed by atoms with Crippen LogP contribution in [0, 0.1) is 0 Å². The minimum atomic E-state index is -0.733. The molecule has 7 heteroatoms. The van der Waals surface area contributed by atoms with E-state index in [0.717, 1.165) is 6.08 Å². The summed E-state index contributed by atoms with van der Waals surface area (Å²) in [4.78, 5) is 23.9. The summed E-state index contributed by atoms with van der Waals surface area (Å²) in [6.07, 6.45) is 0.926. The number of ether oxygens (including phenoxy) is 2. The lowest BCUT2D eigenvalue weighted by atomic mass is 9.90. The molecule has 7 nitrogen and oxygen atoms in total. The summed E-state index contributed by atoms with van der Waals surface area (Å²) in [5.41, 5.74) is 4.49. The van der Waals surface area contributed by atoms with Crippen molar-refractivity contribution in [3.8, 4) is 17.2 Å². The molecule has 0 aliphatic heterocycles. The van der Waals surface area contributed by atoms with Crippen LogP contribution in [0.5, 0.6) is 17.2 Å². The van der Waals surface area contributed by atoms with Gasteiger partial charge in [0.15, 0.2) is 28.8 Å². The lowest BCUT2D eigenvalue weighted by Crippen LogP contribution is -2.19. The van der Waals surface area contributed by atoms with Crippen molar-refractivity contribution in [1.82, 2.24) is 0 Å². The largest absolute Gasteiger partial charge is 0.505 e. The Bertz CT molecular complexity index is 632. The molecule has 0 aromatic heterocycles. The second-order valence-corrected chi connectivity index (χ2v) is 3.80. The van der Waals surface area contributed by atoms with E-state index in [0.29, 0.717) is 0 Å². The summed E-state index contributed by atoms with van der Waals surface area (Å²) in [7, 11) is 2.42. The SMILES string of the molecule is COC1=CC(=O)c2c(O)c(N)c(OC)c(O)c2C1=O. The molecule has 0 saturated heterocycles. The second kappa shape index (κ2) is 4.20. The number of aromatic hydroxyl groups is 2. The summed E-state index contributed by atoms with van der Waals surface area (Å²) in [5.74, 6) is -3.13. The fourth-order valence-electron chi connectivity index (χ4n) is 1.92. The smallest absolute Gasteiger partial charge is 0.232 e. The van der Waals surface area contributed by atoms with E-state index in [2.05, 4.69) is 0 Å². The maximum absolute atomic E-state index is 12.0. The predicted molar refractivity (Wildman–Crippen MR) is 64.5 cm³/mol. The Morgan fingerprint density at radius 2 is 1.68 bits per heavy atom. The predicted octanol–water partition coefficient (Wildman–Crippen LogP) is 0.598. The van der Waals surface area contributed by atoms with Gasteiger partial charge in [-0.2, -0.15) is 0 Å². The highest BCUT2D eigenvalue weighted by atomic mass is 16.5. The van der Waals surface area contributed by atoms with Gasteiger partial charge in [-0.3, -0.25) is 9.59 Å². The van der Waals surface area contributed by atoms with Crippen LogP contribution in [0.2, 0.25) is 0 Å². The molecule has 0 heterocycles. The molecule has 0 bridgehead atoms. The molecule has 0 radical (unpaired) electrons. The van der Waals surface area contributed by atoms with Crippen LogP contribution in [0.3, 0.4) is 0 Å². The van der Waals surface area contributed by atoms with Crippen LogP contribution in [-0.2, 0) is 4.74 Å². The van der Waals surface area contributed by atoms with Gasteiger partial charge in [0.25, 0.3) is 0 Å². The molecular formula is C12H11NO6. The summed E-state index contributed by atoms with van der Waals surface area (Å²) >= 11 is 0. The van der Waals surface area contributed by atoms with Gasteiger partial charge in [-0.15, -0.1) is 0 Å². The third-order valence-electron chi connectivity index (χ3n) is 2.82. The number of nitrogens with two attached hydrogens (primary N) is 1. The summed E-state index contributed by atoms with van der Waals surface area (Å²) in [6.45, 7) is 0. The number of hydrogen-bond donors (Lipinski definition) is 3. The summed E-state index contributed by atoms with van der Waals surface area (Å²) in [5, 5.41) is 19.8. The van der Waals surface area contributed by atoms with Crippen molar-refractivity contribution in [3.05, 3.63) is 23.0 Å². The molecule has 100 valence electrons. The number of carbonyl (C=O) groups excluding carboxylic acids is 2. The lowest BCUT2D eigenvalue weighted by molar-refractivity contribution is 0.0911. The van der Waals surface area contributed by atoms with Crippen molar-refractivity contribution in [2.45, 2.75) is 0 Å². The Balaban J connectivity index is 2.86. The number of phenols is 2. The van der Waals surface area contributed by atoms with E-state index in [9.17, 15) is 19.8 Å². The fourth-order valence-corrected chi connectivity index (χ4v) is 1.92. The normalized spacial score (nSPS) is 13.9. The van der Waals surface area contributed by atoms with Crippen LogP contribution in [0.1, 0.15) is 20.7 Å². The van der Waals surface area contributed by atoms with Crippen LogP contribution >= 0.6 is 0 Å². The third-order valence-corrected chi connectivity index (χ3v) is 2.82. The van der Waals surface area contributed by atoms with Crippen molar-refractivity contribution in [3.63, 3.8) is 0 Å². The quantitative estimate of drug-likeness (QED) is 0.407. The first kappa shape index (κ1) is 12.7. The first-order chi connectivity index (χ1) is 8.93. The topological polar surface area (TPSA) is 119 Å². The number of phenolic OH excluding ortho intramolecular Hbond substituents is 2. The van der Waals surface area contributed by atoms with E-state index < -0.39 is 23.1 Å². The first-order valence-corrected chi connectivity index (χ1v) is 5.20. The van der Waals surface area contributed by atoms with E-state index >= 15 is 0 Å². The standard InChI is InChI=1S/C12H11NO6/c1-18-5-3-4(14)6-7(9(5)15)11(17)12(19-2)8(13)10(6)16/h3,16-17H,13H2,1-2H3. The monoisotopic (exact) mass is 265 g/mol. The lowest BCUT2D eigenvalue weighted by Gasteiger charge is -2.19. The minimum Gasteiger partial charge on any atom is -0.505 e. The zero-order valence-corrected chi connectivity index (χ0v) is 10.2. The zero-order valence-electron chi connectivity index (χ0n) is 10.2. The van der Waals surface area contributed by atoms with E-state index in [4.69, 9.17) is 15.2 Å². The van der Waals surface area contributed by atoms with E-state index in [1.54, 1.807) is 0 Å². The molecular weight excluding hydrogens is 254 g/mol. The highest BCUT2D eigenvalue weighted by Crippen LogP contribution is 2.47. The van der Waals surface area contributed by atoms with Gasteiger partial charge >= 0.3 is 0 Å². The number of fused-ring (bicyclic) bond motifs is 1. The highest BCUT2D eigenvalue weighted by molar-refractivity contribution is 6.27. The van der Waals surface area contributed by atoms with Gasteiger partial charge in [0, 0.05) is 6.08 Å². The van der Waals surface area contributed by atoms with Gasteiger partial charge in [-0.25, -0.2) is 0 Å². The molecule has 1 aliphatic carbocycles. The molecule has 2 rings (SSSR count). The maximum Gasteiger partial charge on any atom is 0.232 e. The molecule has 0 spiro atoms. The minimum absolute atomic E-state index is 0.237. The van der Waals surface area contributed by atoms with Crippen molar-refractivity contribution >= 4 is 17.3 Å². The number of rotatable bonds is 2. The van der Waals surface area contributed by atoms with Crippen LogP contribution in [0.25, 0.3) is 0 Å². The second-order valence-electron chi connectivity index (χ2n) is 3.80. The van der Waals surface area contributed by atoms with Gasteiger partial charge in [0.1, 0.15) is 5.69 Å². The molecule has 0 saturated carbocycles. The Morgan fingerprint density at radius 3 is 2.21 bits per heavy atom. The van der Waals surface area contributed by atoms with Gasteiger partial charge < -0.3 is 25.4 Å². The van der Waals surface area contributed by atoms with Crippen LogP contribution in [0.4, 0.5) is 5.69 Å².